The fourth-order valence-corrected chi connectivity index (χ4v) is 2.79. The lowest BCUT2D eigenvalue weighted by Gasteiger charge is -2.23. The van der Waals surface area contributed by atoms with Crippen molar-refractivity contribution in [2.75, 3.05) is 0 Å². The van der Waals surface area contributed by atoms with Crippen molar-refractivity contribution in [1.82, 2.24) is 5.32 Å². The number of carbonyl (C=O) groups excluding carboxylic acids is 1. The zero-order chi connectivity index (χ0) is 20.0. The normalized spacial score (nSPS) is 13.6. The Labute approximate surface area is 159 Å². The molecule has 2 N–H and O–H groups in total. The number of rotatable bonds is 7. The van der Waals surface area contributed by atoms with Gasteiger partial charge in [0.15, 0.2) is 0 Å². The molecule has 0 saturated heterocycles. The first-order valence-corrected chi connectivity index (χ1v) is 8.43. The Morgan fingerprint density at radius 3 is 2.07 bits per heavy atom. The molecule has 27 heavy (non-hydrogen) atoms. The number of hydrogen-bond donors (Lipinski definition) is 2. The van der Waals surface area contributed by atoms with E-state index in [-0.39, 0.29) is 5.56 Å². The molecule has 0 saturated carbocycles. The number of carbonyl (C=O) groups is 2. The Morgan fingerprint density at radius 1 is 0.963 bits per heavy atom. The molecular weight excluding hydrogens is 383 g/mol. The number of alkyl halides is 3. The summed E-state index contributed by atoms with van der Waals surface area (Å²) in [5.74, 6) is -4.05. The highest BCUT2D eigenvalue weighted by molar-refractivity contribution is 6.30. The van der Waals surface area contributed by atoms with Gasteiger partial charge in [0.2, 0.25) is 5.91 Å². The van der Waals surface area contributed by atoms with Crippen molar-refractivity contribution in [1.29, 1.82) is 0 Å². The molecule has 0 fully saturated rings. The van der Waals surface area contributed by atoms with Gasteiger partial charge in [0.05, 0.1) is 18.4 Å². The van der Waals surface area contributed by atoms with Gasteiger partial charge in [0, 0.05) is 11.4 Å². The third kappa shape index (κ3) is 6.29. The Balaban J connectivity index is 2.18. The second-order valence-corrected chi connectivity index (χ2v) is 6.41. The van der Waals surface area contributed by atoms with E-state index >= 15 is 0 Å². The third-order valence-corrected chi connectivity index (χ3v) is 4.22. The first kappa shape index (κ1) is 20.8. The summed E-state index contributed by atoms with van der Waals surface area (Å²) in [5, 5.41) is 11.9. The fourth-order valence-electron chi connectivity index (χ4n) is 2.67. The summed E-state index contributed by atoms with van der Waals surface area (Å²) < 4.78 is 40.2. The summed E-state index contributed by atoms with van der Waals surface area (Å²) in [7, 11) is 0. The highest BCUT2D eigenvalue weighted by Gasteiger charge is 2.42. The lowest BCUT2D eigenvalue weighted by Crippen LogP contribution is -2.34. The minimum Gasteiger partial charge on any atom is -0.481 e. The maximum atomic E-state index is 13.4. The molecule has 0 heterocycles. The number of amides is 1. The second kappa shape index (κ2) is 8.90. The van der Waals surface area contributed by atoms with Crippen molar-refractivity contribution in [3.63, 3.8) is 0 Å². The van der Waals surface area contributed by atoms with Gasteiger partial charge in [-0.3, -0.25) is 9.59 Å². The number of halogens is 4. The number of nitrogens with one attached hydrogen (secondary N) is 1. The average Bonchev–Trinajstić information content (AvgIpc) is 2.59. The average molecular weight is 400 g/mol. The van der Waals surface area contributed by atoms with Crippen LogP contribution in [0.25, 0.3) is 0 Å². The minimum absolute atomic E-state index is 0.0265. The van der Waals surface area contributed by atoms with Crippen molar-refractivity contribution in [3.8, 4) is 0 Å². The van der Waals surface area contributed by atoms with E-state index in [2.05, 4.69) is 5.32 Å². The molecule has 0 radical (unpaired) electrons. The molecule has 0 aliphatic heterocycles. The van der Waals surface area contributed by atoms with Crippen LogP contribution in [0.2, 0.25) is 5.02 Å². The standard InChI is InChI=1S/C19H17ClF3NO3/c20-14-8-6-13(7-9-14)16(11-18(26)27)24-17(25)10-15(19(21,22)23)12-4-2-1-3-5-12/h1-9,15-16H,10-11H2,(H,24,25)(H,26,27)/t15?,16-/m0/s1. The van der Waals surface area contributed by atoms with E-state index in [1.54, 1.807) is 6.07 Å². The van der Waals surface area contributed by atoms with Gasteiger partial charge >= 0.3 is 12.1 Å². The molecule has 8 heteroatoms. The van der Waals surface area contributed by atoms with Crippen molar-refractivity contribution < 1.29 is 27.9 Å². The molecule has 0 spiro atoms. The highest BCUT2D eigenvalue weighted by atomic mass is 35.5. The zero-order valence-corrected chi connectivity index (χ0v) is 14.8. The van der Waals surface area contributed by atoms with E-state index in [4.69, 9.17) is 16.7 Å². The van der Waals surface area contributed by atoms with E-state index in [1.165, 1.54) is 48.5 Å². The smallest absolute Gasteiger partial charge is 0.396 e. The monoisotopic (exact) mass is 399 g/mol. The Kier molecular flexibility index (Phi) is 6.85. The molecular formula is C19H17ClF3NO3. The fraction of sp³-hybridized carbons (Fsp3) is 0.263. The van der Waals surface area contributed by atoms with E-state index < -0.39 is 42.9 Å². The van der Waals surface area contributed by atoms with Crippen LogP contribution in [0.5, 0.6) is 0 Å². The Bertz CT molecular complexity index is 779. The number of aliphatic carboxylic acids is 1. The van der Waals surface area contributed by atoms with Crippen LogP contribution in [0.15, 0.2) is 54.6 Å². The Morgan fingerprint density at radius 2 is 1.56 bits per heavy atom. The highest BCUT2D eigenvalue weighted by Crippen LogP contribution is 2.37. The molecule has 0 aromatic heterocycles. The van der Waals surface area contributed by atoms with E-state index in [1.807, 2.05) is 0 Å². The van der Waals surface area contributed by atoms with Crippen LogP contribution < -0.4 is 5.32 Å². The van der Waals surface area contributed by atoms with Gasteiger partial charge in [-0.25, -0.2) is 0 Å². The maximum Gasteiger partial charge on any atom is 0.396 e. The van der Waals surface area contributed by atoms with Gasteiger partial charge in [-0.15, -0.1) is 0 Å². The maximum absolute atomic E-state index is 13.4. The molecule has 1 unspecified atom stereocenters. The van der Waals surface area contributed by atoms with Crippen LogP contribution in [0, 0.1) is 0 Å². The van der Waals surface area contributed by atoms with Crippen molar-refractivity contribution in [3.05, 3.63) is 70.7 Å². The number of benzene rings is 2. The van der Waals surface area contributed by atoms with E-state index in [9.17, 15) is 22.8 Å². The molecule has 2 rings (SSSR count). The molecule has 4 nitrogen and oxygen atoms in total. The van der Waals surface area contributed by atoms with Crippen LogP contribution in [0.1, 0.15) is 35.9 Å². The molecule has 2 aromatic rings. The predicted molar refractivity (Wildman–Crippen MR) is 94.4 cm³/mol. The summed E-state index contributed by atoms with van der Waals surface area (Å²) in [6.45, 7) is 0. The largest absolute Gasteiger partial charge is 0.481 e. The van der Waals surface area contributed by atoms with Crippen LogP contribution in [-0.2, 0) is 9.59 Å². The van der Waals surface area contributed by atoms with Gasteiger partial charge in [-0.1, -0.05) is 54.1 Å². The van der Waals surface area contributed by atoms with Gasteiger partial charge in [-0.2, -0.15) is 13.2 Å². The Hall–Kier alpha value is -2.54. The summed E-state index contributed by atoms with van der Waals surface area (Å²) in [5.41, 5.74) is 0.417. The van der Waals surface area contributed by atoms with Gasteiger partial charge in [-0.05, 0) is 23.3 Å². The lowest BCUT2D eigenvalue weighted by molar-refractivity contribution is -0.157. The number of hydrogen-bond acceptors (Lipinski definition) is 2. The minimum atomic E-state index is -4.61. The first-order valence-electron chi connectivity index (χ1n) is 8.05. The quantitative estimate of drug-likeness (QED) is 0.708. The summed E-state index contributed by atoms with van der Waals surface area (Å²) in [6, 6.07) is 12.2. The molecule has 2 atom stereocenters. The molecule has 0 aliphatic rings. The SMILES string of the molecule is O=C(O)C[C@H](NC(=O)CC(c1ccccc1)C(F)(F)F)c1ccc(Cl)cc1. The molecule has 1 amide bonds. The van der Waals surface area contributed by atoms with Crippen LogP contribution in [0.3, 0.4) is 0 Å². The second-order valence-electron chi connectivity index (χ2n) is 5.98. The first-order chi connectivity index (χ1) is 12.7. The molecule has 2 aromatic carbocycles. The number of carboxylic acids is 1. The predicted octanol–water partition coefficient (Wildman–Crippen LogP) is 4.71. The molecule has 144 valence electrons. The van der Waals surface area contributed by atoms with Gasteiger partial charge in [0.25, 0.3) is 0 Å². The number of carboxylic acid groups (broad SMARTS) is 1. The van der Waals surface area contributed by atoms with Crippen LogP contribution >= 0.6 is 11.6 Å². The molecule has 0 aliphatic carbocycles. The van der Waals surface area contributed by atoms with Crippen molar-refractivity contribution in [2.45, 2.75) is 31.0 Å². The van der Waals surface area contributed by atoms with E-state index in [0.29, 0.717) is 10.6 Å². The van der Waals surface area contributed by atoms with Crippen molar-refractivity contribution in [2.24, 2.45) is 0 Å². The summed E-state index contributed by atoms with van der Waals surface area (Å²) in [4.78, 5) is 23.4. The topological polar surface area (TPSA) is 66.4 Å². The van der Waals surface area contributed by atoms with Gasteiger partial charge in [0.1, 0.15) is 0 Å². The van der Waals surface area contributed by atoms with Gasteiger partial charge < -0.3 is 10.4 Å². The lowest BCUT2D eigenvalue weighted by atomic mass is 9.94. The molecule has 0 bridgehead atoms. The van der Waals surface area contributed by atoms with Crippen LogP contribution in [-0.4, -0.2) is 23.2 Å². The third-order valence-electron chi connectivity index (χ3n) is 3.97. The van der Waals surface area contributed by atoms with Crippen molar-refractivity contribution >= 4 is 23.5 Å². The summed E-state index contributed by atoms with van der Waals surface area (Å²) in [6.07, 6.45) is -5.91. The van der Waals surface area contributed by atoms with Crippen LogP contribution in [0.4, 0.5) is 13.2 Å². The summed E-state index contributed by atoms with van der Waals surface area (Å²) >= 11 is 5.79. The zero-order valence-electron chi connectivity index (χ0n) is 14.0. The van der Waals surface area contributed by atoms with E-state index in [0.717, 1.165) is 0 Å².